The van der Waals surface area contributed by atoms with Crippen LogP contribution in [0.15, 0.2) is 44.8 Å². The molecule has 214 valence electrons. The monoisotopic (exact) mass is 632 g/mol. The first-order valence-corrected chi connectivity index (χ1v) is 15.8. The highest BCUT2D eigenvalue weighted by Gasteiger charge is 2.43. The molecule has 0 bridgehead atoms. The fraction of sp³-hybridized carbons (Fsp3) is 0.292. The third kappa shape index (κ3) is 6.64. The minimum atomic E-state index is -0.610. The molecule has 5 heterocycles. The molecule has 0 saturated carbocycles. The Bertz CT molecular complexity index is 1540. The Hall–Kier alpha value is -3.67. The van der Waals surface area contributed by atoms with Gasteiger partial charge < -0.3 is 25.9 Å². The first-order valence-electron chi connectivity index (χ1n) is 12.1. The molecule has 0 radical (unpaired) electrons. The predicted molar refractivity (Wildman–Crippen MR) is 160 cm³/mol. The molecule has 0 spiro atoms. The number of thiazole rings is 2. The Balaban J connectivity index is 1.33. The van der Waals surface area contributed by atoms with Gasteiger partial charge in [-0.1, -0.05) is 16.9 Å². The second kappa shape index (κ2) is 12.9. The molecule has 0 aromatic carbocycles. The number of nitrogens with zero attached hydrogens (tertiary/aromatic N) is 5. The average Bonchev–Trinajstić information content (AvgIpc) is 3.57. The highest BCUT2D eigenvalue weighted by molar-refractivity contribution is 8.00. The number of aryl methyl sites for hydroxylation is 1. The van der Waals surface area contributed by atoms with Crippen molar-refractivity contribution in [3.63, 3.8) is 0 Å². The van der Waals surface area contributed by atoms with E-state index < -0.39 is 11.9 Å². The van der Waals surface area contributed by atoms with E-state index in [2.05, 4.69) is 30.7 Å². The van der Waals surface area contributed by atoms with Crippen LogP contribution in [0, 0.1) is 6.92 Å². The zero-order valence-corrected chi connectivity index (χ0v) is 25.0. The van der Waals surface area contributed by atoms with Gasteiger partial charge in [-0.25, -0.2) is 19.7 Å². The lowest BCUT2D eigenvalue weighted by atomic mass is 10.1. The van der Waals surface area contributed by atoms with Gasteiger partial charge in [-0.05, 0) is 19.1 Å². The SMILES string of the molecule is CON=C(C(=O)Nc1nccc(SCOC(=O)C2=CCS[C@H]3CC(=O)N23)c1NCc1csc(C)n1)c1csc(N)n1. The number of thioether (sulfide) groups is 2. The molecular formula is C24H24N8O5S4. The van der Waals surface area contributed by atoms with E-state index in [1.54, 1.807) is 29.3 Å². The summed E-state index contributed by atoms with van der Waals surface area (Å²) in [6.07, 6.45) is 3.66. The number of oxime groups is 1. The number of nitrogens with one attached hydrogen (secondary N) is 2. The van der Waals surface area contributed by atoms with E-state index in [0.29, 0.717) is 29.3 Å². The smallest absolute Gasteiger partial charge is 0.355 e. The number of hydrogen-bond acceptors (Lipinski definition) is 15. The molecule has 1 fully saturated rings. The van der Waals surface area contributed by atoms with Crippen LogP contribution in [0.5, 0.6) is 0 Å². The molecule has 5 rings (SSSR count). The number of aromatic nitrogens is 3. The normalized spacial score (nSPS) is 16.4. The lowest BCUT2D eigenvalue weighted by Gasteiger charge is -2.42. The summed E-state index contributed by atoms with van der Waals surface area (Å²) in [7, 11) is 1.32. The fourth-order valence-electron chi connectivity index (χ4n) is 3.91. The van der Waals surface area contributed by atoms with Gasteiger partial charge in [-0.2, -0.15) is 0 Å². The van der Waals surface area contributed by atoms with Crippen LogP contribution in [-0.2, 0) is 30.5 Å². The predicted octanol–water partition coefficient (Wildman–Crippen LogP) is 3.27. The summed E-state index contributed by atoms with van der Waals surface area (Å²) in [6.45, 7) is 2.27. The fourth-order valence-corrected chi connectivity index (χ4v) is 6.95. The van der Waals surface area contributed by atoms with Crippen LogP contribution in [0.2, 0.25) is 0 Å². The number of pyridine rings is 1. The number of anilines is 3. The van der Waals surface area contributed by atoms with Crippen molar-refractivity contribution in [3.8, 4) is 0 Å². The van der Waals surface area contributed by atoms with Gasteiger partial charge in [0.25, 0.3) is 5.91 Å². The zero-order chi connectivity index (χ0) is 28.9. The Morgan fingerprint density at radius 1 is 1.29 bits per heavy atom. The maximum Gasteiger partial charge on any atom is 0.355 e. The number of amides is 2. The molecule has 2 aliphatic heterocycles. The molecule has 3 aromatic heterocycles. The summed E-state index contributed by atoms with van der Waals surface area (Å²) in [5, 5.41) is 14.6. The zero-order valence-electron chi connectivity index (χ0n) is 21.8. The molecule has 3 aromatic rings. The Morgan fingerprint density at radius 3 is 2.85 bits per heavy atom. The second-order valence-corrected chi connectivity index (χ2v) is 12.6. The number of esters is 1. The maximum absolute atomic E-state index is 13.2. The molecule has 0 unspecified atom stereocenters. The van der Waals surface area contributed by atoms with Crippen molar-refractivity contribution in [1.82, 2.24) is 19.9 Å². The summed E-state index contributed by atoms with van der Waals surface area (Å²) in [6, 6.07) is 1.74. The number of nitrogens with two attached hydrogens (primary N) is 1. The van der Waals surface area contributed by atoms with Gasteiger partial charge in [-0.15, -0.1) is 34.4 Å². The number of nitrogen functional groups attached to an aromatic ring is 1. The third-order valence-electron chi connectivity index (χ3n) is 5.76. The van der Waals surface area contributed by atoms with Crippen molar-refractivity contribution in [3.05, 3.63) is 51.2 Å². The standard InChI is InChI=1S/C24H24N8O5S4/c1-12-28-13(9-39-12)8-27-20-16(41-11-37-23(35)15-4-6-38-18-7-17(33)32(15)18)3-5-26-21(20)30-22(34)19(31-36-2)14-10-40-24(25)29-14/h3-5,9-10,18,27H,6-8,11H2,1-2H3,(H2,25,29)(H,26,30,34)/t18-/m0/s1. The van der Waals surface area contributed by atoms with Crippen molar-refractivity contribution >= 4 is 86.3 Å². The second-order valence-electron chi connectivity index (χ2n) is 8.43. The molecule has 2 amide bonds. The molecular weight excluding hydrogens is 609 g/mol. The van der Waals surface area contributed by atoms with Gasteiger partial charge in [-0.3, -0.25) is 14.5 Å². The number of carbonyl (C=O) groups is 3. The van der Waals surface area contributed by atoms with Crippen molar-refractivity contribution in [2.24, 2.45) is 5.16 Å². The Labute approximate surface area is 251 Å². The van der Waals surface area contributed by atoms with Crippen LogP contribution in [0.1, 0.15) is 22.8 Å². The maximum atomic E-state index is 13.2. The summed E-state index contributed by atoms with van der Waals surface area (Å²) < 4.78 is 5.51. The van der Waals surface area contributed by atoms with E-state index in [9.17, 15) is 14.4 Å². The Kier molecular flexibility index (Phi) is 9.06. The minimum Gasteiger partial charge on any atom is -0.450 e. The van der Waals surface area contributed by atoms with Crippen LogP contribution in [-0.4, -0.2) is 67.5 Å². The number of hydrogen-bond donors (Lipinski definition) is 3. The van der Waals surface area contributed by atoms with Crippen LogP contribution >= 0.6 is 46.2 Å². The van der Waals surface area contributed by atoms with Crippen LogP contribution < -0.4 is 16.4 Å². The van der Waals surface area contributed by atoms with E-state index in [0.717, 1.165) is 10.7 Å². The molecule has 1 atom stereocenters. The number of ether oxygens (including phenoxy) is 1. The topological polar surface area (TPSA) is 174 Å². The minimum absolute atomic E-state index is 0.00789. The van der Waals surface area contributed by atoms with Crippen molar-refractivity contribution in [2.75, 3.05) is 35.2 Å². The molecule has 2 aliphatic rings. The molecule has 4 N–H and O–H groups in total. The molecule has 1 saturated heterocycles. The highest BCUT2D eigenvalue weighted by Crippen LogP contribution is 2.38. The Morgan fingerprint density at radius 2 is 2.15 bits per heavy atom. The van der Waals surface area contributed by atoms with Gasteiger partial charge in [0.15, 0.2) is 16.7 Å². The molecule has 41 heavy (non-hydrogen) atoms. The summed E-state index contributed by atoms with van der Waals surface area (Å²) in [5.74, 6) is -0.437. The molecule has 13 nitrogen and oxygen atoms in total. The summed E-state index contributed by atoms with van der Waals surface area (Å²) in [5.41, 5.74) is 7.50. The number of β-lactam (4-membered cyclic amide) rings is 1. The van der Waals surface area contributed by atoms with Crippen LogP contribution in [0.3, 0.4) is 0 Å². The molecule has 0 aliphatic carbocycles. The summed E-state index contributed by atoms with van der Waals surface area (Å²) >= 11 is 5.53. The van der Waals surface area contributed by atoms with E-state index in [1.165, 1.54) is 52.6 Å². The van der Waals surface area contributed by atoms with Gasteiger partial charge in [0.05, 0.1) is 34.7 Å². The summed E-state index contributed by atoms with van der Waals surface area (Å²) in [4.78, 5) is 58.0. The van der Waals surface area contributed by atoms with Gasteiger partial charge in [0, 0.05) is 27.6 Å². The van der Waals surface area contributed by atoms with Crippen molar-refractivity contribution in [2.45, 2.75) is 30.2 Å². The van der Waals surface area contributed by atoms with E-state index in [1.807, 2.05) is 12.3 Å². The van der Waals surface area contributed by atoms with Gasteiger partial charge in [0.1, 0.15) is 24.4 Å². The first kappa shape index (κ1) is 28.8. The van der Waals surface area contributed by atoms with E-state index in [4.69, 9.17) is 15.3 Å². The number of rotatable bonds is 11. The lowest BCUT2D eigenvalue weighted by Crippen LogP contribution is -2.53. The number of carbonyl (C=O) groups excluding carboxylic acids is 3. The van der Waals surface area contributed by atoms with Gasteiger partial charge in [0.2, 0.25) is 5.91 Å². The van der Waals surface area contributed by atoms with Crippen molar-refractivity contribution in [1.29, 1.82) is 0 Å². The van der Waals surface area contributed by atoms with E-state index >= 15 is 0 Å². The van der Waals surface area contributed by atoms with Crippen LogP contribution in [0.4, 0.5) is 16.6 Å². The van der Waals surface area contributed by atoms with Gasteiger partial charge >= 0.3 is 5.97 Å². The lowest BCUT2D eigenvalue weighted by molar-refractivity contribution is -0.148. The quantitative estimate of drug-likeness (QED) is 0.0704. The average molecular weight is 633 g/mol. The third-order valence-corrected chi connectivity index (χ3v) is 9.27. The number of fused-ring (bicyclic) bond motifs is 1. The highest BCUT2D eigenvalue weighted by atomic mass is 32.2. The first-order chi connectivity index (χ1) is 19.8. The largest absolute Gasteiger partial charge is 0.450 e. The molecule has 17 heteroatoms. The van der Waals surface area contributed by atoms with Crippen LogP contribution in [0.25, 0.3) is 0 Å². The van der Waals surface area contributed by atoms with Crippen molar-refractivity contribution < 1.29 is 24.0 Å². The van der Waals surface area contributed by atoms with E-state index in [-0.39, 0.29) is 45.3 Å².